The van der Waals surface area contributed by atoms with E-state index in [0.29, 0.717) is 30.0 Å². The number of rotatable bonds is 4. The molecule has 1 aromatic heterocycles. The second-order valence-electron chi connectivity index (χ2n) is 4.42. The van der Waals surface area contributed by atoms with Gasteiger partial charge in [0, 0.05) is 12.1 Å². The van der Waals surface area contributed by atoms with Gasteiger partial charge in [0.05, 0.1) is 18.2 Å². The van der Waals surface area contributed by atoms with Gasteiger partial charge in [0.15, 0.2) is 0 Å². The van der Waals surface area contributed by atoms with E-state index < -0.39 is 0 Å². The number of carbonyl (C=O) groups excluding carboxylic acids is 1. The minimum Gasteiger partial charge on any atom is -0.326 e. The van der Waals surface area contributed by atoms with Crippen LogP contribution in [0.4, 0.5) is 5.69 Å². The van der Waals surface area contributed by atoms with Crippen LogP contribution >= 0.6 is 0 Å². The average molecular weight is 269 g/mol. The zero-order valence-corrected chi connectivity index (χ0v) is 11.4. The second kappa shape index (κ2) is 5.97. The van der Waals surface area contributed by atoms with Crippen LogP contribution in [-0.4, -0.2) is 20.7 Å². The first-order chi connectivity index (χ1) is 9.58. The van der Waals surface area contributed by atoms with Crippen molar-refractivity contribution in [1.82, 2.24) is 14.8 Å². The Bertz CT molecular complexity index is 651. The molecule has 20 heavy (non-hydrogen) atoms. The van der Waals surface area contributed by atoms with Crippen LogP contribution in [0.25, 0.3) is 0 Å². The molecule has 102 valence electrons. The van der Waals surface area contributed by atoms with Crippen molar-refractivity contribution in [2.75, 3.05) is 5.32 Å². The number of nitriles is 1. The Balaban J connectivity index is 1.89. The van der Waals surface area contributed by atoms with E-state index in [0.717, 1.165) is 5.82 Å². The fourth-order valence-electron chi connectivity index (χ4n) is 1.83. The third-order valence-corrected chi connectivity index (χ3v) is 2.81. The molecule has 0 aliphatic carbocycles. The number of carbonyl (C=O) groups is 1. The minimum atomic E-state index is -0.0951. The van der Waals surface area contributed by atoms with Gasteiger partial charge >= 0.3 is 0 Å². The molecule has 0 aliphatic rings. The summed E-state index contributed by atoms with van der Waals surface area (Å²) in [4.78, 5) is 16.0. The number of amides is 1. The molecule has 6 heteroatoms. The summed E-state index contributed by atoms with van der Waals surface area (Å²) in [5, 5.41) is 15.7. The van der Waals surface area contributed by atoms with Gasteiger partial charge in [0.1, 0.15) is 11.6 Å². The molecule has 0 unspecified atom stereocenters. The average Bonchev–Trinajstić information content (AvgIpc) is 2.75. The molecule has 0 radical (unpaired) electrons. The number of benzene rings is 1. The lowest BCUT2D eigenvalue weighted by Gasteiger charge is -2.06. The summed E-state index contributed by atoms with van der Waals surface area (Å²) in [7, 11) is 0. The SMILES string of the molecule is Cc1nc(C)n(CCC(=O)Nc2ccc(C#N)cc2)n1. The summed E-state index contributed by atoms with van der Waals surface area (Å²) in [5.41, 5.74) is 1.25. The number of hydrogen-bond donors (Lipinski definition) is 1. The number of nitrogens with zero attached hydrogens (tertiary/aromatic N) is 4. The van der Waals surface area contributed by atoms with E-state index in [1.54, 1.807) is 28.9 Å². The van der Waals surface area contributed by atoms with Crippen molar-refractivity contribution in [3.8, 4) is 6.07 Å². The molecule has 1 amide bonds. The van der Waals surface area contributed by atoms with Crippen LogP contribution in [0.3, 0.4) is 0 Å². The van der Waals surface area contributed by atoms with E-state index in [4.69, 9.17) is 5.26 Å². The maximum absolute atomic E-state index is 11.8. The van der Waals surface area contributed by atoms with Gasteiger partial charge in [-0.3, -0.25) is 4.79 Å². The molecule has 6 nitrogen and oxygen atoms in total. The van der Waals surface area contributed by atoms with Gasteiger partial charge in [-0.05, 0) is 38.1 Å². The number of anilines is 1. The Labute approximate surface area is 117 Å². The number of hydrogen-bond acceptors (Lipinski definition) is 4. The highest BCUT2D eigenvalue weighted by Gasteiger charge is 2.06. The van der Waals surface area contributed by atoms with E-state index >= 15 is 0 Å². The molecule has 0 fully saturated rings. The predicted octanol–water partition coefficient (Wildman–Crippen LogP) is 1.80. The number of aromatic nitrogens is 3. The molecule has 0 saturated carbocycles. The van der Waals surface area contributed by atoms with Crippen LogP contribution in [0.2, 0.25) is 0 Å². The van der Waals surface area contributed by atoms with Crippen LogP contribution < -0.4 is 5.32 Å². The number of aryl methyl sites for hydroxylation is 3. The molecule has 0 saturated heterocycles. The van der Waals surface area contributed by atoms with Crippen LogP contribution in [0.1, 0.15) is 23.6 Å². The molecule has 1 N–H and O–H groups in total. The van der Waals surface area contributed by atoms with Crippen LogP contribution in [-0.2, 0) is 11.3 Å². The van der Waals surface area contributed by atoms with Crippen molar-refractivity contribution in [1.29, 1.82) is 5.26 Å². The quantitative estimate of drug-likeness (QED) is 0.917. The maximum atomic E-state index is 11.8. The fraction of sp³-hybridized carbons (Fsp3) is 0.286. The van der Waals surface area contributed by atoms with Crippen molar-refractivity contribution in [2.24, 2.45) is 0 Å². The Morgan fingerprint density at radius 2 is 2.05 bits per heavy atom. The summed E-state index contributed by atoms with van der Waals surface area (Å²) in [6.07, 6.45) is 0.323. The molecule has 0 atom stereocenters. The van der Waals surface area contributed by atoms with E-state index in [1.807, 2.05) is 19.9 Å². The zero-order chi connectivity index (χ0) is 14.5. The minimum absolute atomic E-state index is 0.0951. The summed E-state index contributed by atoms with van der Waals surface area (Å²) in [5.74, 6) is 1.41. The van der Waals surface area contributed by atoms with E-state index in [-0.39, 0.29) is 5.91 Å². The Kier molecular flexibility index (Phi) is 4.11. The Morgan fingerprint density at radius 3 is 2.60 bits per heavy atom. The van der Waals surface area contributed by atoms with Crippen molar-refractivity contribution in [3.05, 3.63) is 41.5 Å². The summed E-state index contributed by atoms with van der Waals surface area (Å²) >= 11 is 0. The third-order valence-electron chi connectivity index (χ3n) is 2.81. The van der Waals surface area contributed by atoms with Gasteiger partial charge in [-0.15, -0.1) is 0 Å². The van der Waals surface area contributed by atoms with Crippen molar-refractivity contribution in [2.45, 2.75) is 26.8 Å². The highest BCUT2D eigenvalue weighted by Crippen LogP contribution is 2.09. The van der Waals surface area contributed by atoms with Crippen LogP contribution in [0.15, 0.2) is 24.3 Å². The topological polar surface area (TPSA) is 83.6 Å². The Hall–Kier alpha value is -2.68. The molecule has 0 aliphatic heterocycles. The summed E-state index contributed by atoms with van der Waals surface area (Å²) in [6, 6.07) is 8.79. The predicted molar refractivity (Wildman–Crippen MR) is 73.9 cm³/mol. The first-order valence-electron chi connectivity index (χ1n) is 6.26. The largest absolute Gasteiger partial charge is 0.326 e. The summed E-state index contributed by atoms with van der Waals surface area (Å²) < 4.78 is 1.72. The normalized spacial score (nSPS) is 10.1. The molecule has 0 spiro atoms. The smallest absolute Gasteiger partial charge is 0.226 e. The lowest BCUT2D eigenvalue weighted by molar-refractivity contribution is -0.116. The van der Waals surface area contributed by atoms with Gasteiger partial charge in [-0.2, -0.15) is 10.4 Å². The third kappa shape index (κ3) is 3.42. The Morgan fingerprint density at radius 1 is 1.35 bits per heavy atom. The first kappa shape index (κ1) is 13.7. The van der Waals surface area contributed by atoms with Crippen LogP contribution in [0, 0.1) is 25.2 Å². The van der Waals surface area contributed by atoms with Gasteiger partial charge in [-0.25, -0.2) is 9.67 Å². The molecule has 1 heterocycles. The lowest BCUT2D eigenvalue weighted by Crippen LogP contribution is -2.15. The molecule has 0 bridgehead atoms. The van der Waals surface area contributed by atoms with Crippen molar-refractivity contribution >= 4 is 11.6 Å². The van der Waals surface area contributed by atoms with Crippen molar-refractivity contribution in [3.63, 3.8) is 0 Å². The molecule has 2 rings (SSSR count). The van der Waals surface area contributed by atoms with Crippen LogP contribution in [0.5, 0.6) is 0 Å². The zero-order valence-electron chi connectivity index (χ0n) is 11.4. The van der Waals surface area contributed by atoms with Gasteiger partial charge in [0.25, 0.3) is 0 Å². The van der Waals surface area contributed by atoms with E-state index in [2.05, 4.69) is 15.4 Å². The molecular weight excluding hydrogens is 254 g/mol. The standard InChI is InChI=1S/C14H15N5O/c1-10-16-11(2)19(18-10)8-7-14(20)17-13-5-3-12(9-15)4-6-13/h3-6H,7-8H2,1-2H3,(H,17,20). The van der Waals surface area contributed by atoms with Gasteiger partial charge in [-0.1, -0.05) is 0 Å². The second-order valence-corrected chi connectivity index (χ2v) is 4.42. The van der Waals surface area contributed by atoms with E-state index in [1.165, 1.54) is 0 Å². The molecular formula is C14H15N5O. The van der Waals surface area contributed by atoms with Gasteiger partial charge in [0.2, 0.25) is 5.91 Å². The fourth-order valence-corrected chi connectivity index (χ4v) is 1.83. The molecule has 2 aromatic rings. The summed E-state index contributed by atoms with van der Waals surface area (Å²) in [6.45, 7) is 4.17. The number of nitrogens with one attached hydrogen (secondary N) is 1. The highest BCUT2D eigenvalue weighted by atomic mass is 16.1. The van der Waals surface area contributed by atoms with Crippen molar-refractivity contribution < 1.29 is 4.79 Å². The monoisotopic (exact) mass is 269 g/mol. The maximum Gasteiger partial charge on any atom is 0.226 e. The molecule has 1 aromatic carbocycles. The highest BCUT2D eigenvalue weighted by molar-refractivity contribution is 5.90. The van der Waals surface area contributed by atoms with Gasteiger partial charge < -0.3 is 5.32 Å². The lowest BCUT2D eigenvalue weighted by atomic mass is 10.2. The van der Waals surface area contributed by atoms with E-state index in [9.17, 15) is 4.79 Å². The first-order valence-corrected chi connectivity index (χ1v) is 6.26.